The molecule has 1 aromatic heterocycles. The summed E-state index contributed by atoms with van der Waals surface area (Å²) in [5.41, 5.74) is 1.35. The van der Waals surface area contributed by atoms with Gasteiger partial charge in [-0.3, -0.25) is 4.68 Å². The van der Waals surface area contributed by atoms with Crippen LogP contribution in [-0.2, 0) is 11.8 Å². The van der Waals surface area contributed by atoms with E-state index in [0.717, 1.165) is 0 Å². The van der Waals surface area contributed by atoms with Gasteiger partial charge in [-0.05, 0) is 43.4 Å². The number of hydrogen-bond donors (Lipinski definition) is 3. The van der Waals surface area contributed by atoms with Gasteiger partial charge in [0.1, 0.15) is 0 Å². The van der Waals surface area contributed by atoms with Crippen molar-refractivity contribution in [1.82, 2.24) is 9.78 Å². The average molecular weight is 348 g/mol. The molecule has 8 nitrogen and oxygen atoms in total. The first-order chi connectivity index (χ1) is 11.4. The van der Waals surface area contributed by atoms with Crippen molar-refractivity contribution in [1.29, 1.82) is 0 Å². The maximum atomic E-state index is 11.6. The number of aryl methyl sites for hydroxylation is 1. The van der Waals surface area contributed by atoms with Gasteiger partial charge in [0.15, 0.2) is 10.8 Å². The fourth-order valence-electron chi connectivity index (χ4n) is 1.97. The molecular weight excluding hydrogens is 332 g/mol. The number of esters is 1. The van der Waals surface area contributed by atoms with E-state index in [1.54, 1.807) is 31.2 Å². The number of thiocarbonyl (C=S) groups is 1. The van der Waals surface area contributed by atoms with E-state index in [4.69, 9.17) is 22.1 Å². The van der Waals surface area contributed by atoms with Gasteiger partial charge in [0.25, 0.3) is 0 Å². The van der Waals surface area contributed by atoms with Gasteiger partial charge in [-0.2, -0.15) is 5.10 Å². The summed E-state index contributed by atoms with van der Waals surface area (Å²) in [5, 5.41) is 18.9. The number of ether oxygens (including phenoxy) is 1. The van der Waals surface area contributed by atoms with Crippen molar-refractivity contribution in [2.24, 2.45) is 7.05 Å². The number of aromatic carboxylic acids is 1. The number of benzene rings is 1. The molecule has 2 aromatic rings. The second kappa shape index (κ2) is 7.55. The fourth-order valence-corrected chi connectivity index (χ4v) is 2.20. The van der Waals surface area contributed by atoms with Crippen LogP contribution >= 0.6 is 12.2 Å². The number of carbonyl (C=O) groups is 2. The van der Waals surface area contributed by atoms with Crippen molar-refractivity contribution in [3.63, 3.8) is 0 Å². The van der Waals surface area contributed by atoms with Gasteiger partial charge in [-0.1, -0.05) is 0 Å². The Hall–Kier alpha value is -2.94. The molecule has 1 heterocycles. The first-order valence-electron chi connectivity index (χ1n) is 7.02. The minimum Gasteiger partial charge on any atom is -0.476 e. The largest absolute Gasteiger partial charge is 0.476 e. The second-order valence-electron chi connectivity index (χ2n) is 4.71. The Bertz CT molecular complexity index is 770. The zero-order chi connectivity index (χ0) is 17.7. The number of hydrogen-bond acceptors (Lipinski definition) is 5. The molecule has 0 bridgehead atoms. The van der Waals surface area contributed by atoms with Crippen LogP contribution in [0.3, 0.4) is 0 Å². The molecule has 0 aliphatic heterocycles. The van der Waals surface area contributed by atoms with E-state index < -0.39 is 11.9 Å². The van der Waals surface area contributed by atoms with Crippen LogP contribution in [0.2, 0.25) is 0 Å². The highest BCUT2D eigenvalue weighted by atomic mass is 32.1. The Morgan fingerprint density at radius 3 is 2.54 bits per heavy atom. The quantitative estimate of drug-likeness (QED) is 0.557. The third kappa shape index (κ3) is 4.07. The molecule has 9 heteroatoms. The Kier molecular flexibility index (Phi) is 5.48. The summed E-state index contributed by atoms with van der Waals surface area (Å²) in [6.07, 6.45) is 1.38. The number of rotatable bonds is 5. The molecule has 126 valence electrons. The minimum absolute atomic E-state index is 0.00295. The zero-order valence-corrected chi connectivity index (χ0v) is 13.9. The van der Waals surface area contributed by atoms with Crippen LogP contribution in [0.25, 0.3) is 0 Å². The Morgan fingerprint density at radius 1 is 1.29 bits per heavy atom. The first-order valence-corrected chi connectivity index (χ1v) is 7.43. The van der Waals surface area contributed by atoms with Crippen molar-refractivity contribution >= 4 is 40.6 Å². The first kappa shape index (κ1) is 17.4. The summed E-state index contributed by atoms with van der Waals surface area (Å²) < 4.78 is 6.14. The highest BCUT2D eigenvalue weighted by Gasteiger charge is 2.16. The molecular formula is C15H16N4O4S. The highest BCUT2D eigenvalue weighted by Crippen LogP contribution is 2.15. The lowest BCUT2D eigenvalue weighted by molar-refractivity contribution is 0.0525. The fraction of sp³-hybridized carbons (Fsp3) is 0.200. The number of aromatic nitrogens is 2. The maximum absolute atomic E-state index is 11.6. The van der Waals surface area contributed by atoms with E-state index in [-0.39, 0.29) is 16.5 Å². The number of carbonyl (C=O) groups excluding carboxylic acids is 1. The number of nitrogens with one attached hydrogen (secondary N) is 2. The summed E-state index contributed by atoms with van der Waals surface area (Å²) in [5.74, 6) is -1.51. The molecule has 2 rings (SSSR count). The van der Waals surface area contributed by atoms with Gasteiger partial charge in [-0.25, -0.2) is 9.59 Å². The lowest BCUT2D eigenvalue weighted by atomic mass is 10.2. The summed E-state index contributed by atoms with van der Waals surface area (Å²) in [6, 6.07) is 6.55. The van der Waals surface area contributed by atoms with E-state index >= 15 is 0 Å². The highest BCUT2D eigenvalue weighted by molar-refractivity contribution is 7.80. The summed E-state index contributed by atoms with van der Waals surface area (Å²) in [4.78, 5) is 22.8. The molecule has 0 aliphatic rings. The molecule has 0 unspecified atom stereocenters. The SMILES string of the molecule is CCOC(=O)c1ccc(NC(=S)Nc2cnn(C)c2C(=O)O)cc1. The lowest BCUT2D eigenvalue weighted by Gasteiger charge is -2.10. The zero-order valence-electron chi connectivity index (χ0n) is 13.1. The average Bonchev–Trinajstić information content (AvgIpc) is 2.88. The van der Waals surface area contributed by atoms with E-state index in [1.165, 1.54) is 17.9 Å². The number of anilines is 2. The molecule has 0 fully saturated rings. The minimum atomic E-state index is -1.11. The smallest absolute Gasteiger partial charge is 0.356 e. The van der Waals surface area contributed by atoms with Gasteiger partial charge in [0, 0.05) is 12.7 Å². The molecule has 0 saturated carbocycles. The second-order valence-corrected chi connectivity index (χ2v) is 5.12. The van der Waals surface area contributed by atoms with Crippen LogP contribution in [-0.4, -0.2) is 38.5 Å². The van der Waals surface area contributed by atoms with Crippen LogP contribution in [0.15, 0.2) is 30.5 Å². The van der Waals surface area contributed by atoms with Gasteiger partial charge >= 0.3 is 11.9 Å². The van der Waals surface area contributed by atoms with E-state index in [9.17, 15) is 9.59 Å². The summed E-state index contributed by atoms with van der Waals surface area (Å²) in [7, 11) is 1.53. The molecule has 3 N–H and O–H groups in total. The van der Waals surface area contributed by atoms with Crippen LogP contribution in [0.5, 0.6) is 0 Å². The monoisotopic (exact) mass is 348 g/mol. The van der Waals surface area contributed by atoms with Gasteiger partial charge in [0.05, 0.1) is 24.1 Å². The Morgan fingerprint density at radius 2 is 1.96 bits per heavy atom. The number of carboxylic acids is 1. The summed E-state index contributed by atoms with van der Waals surface area (Å²) >= 11 is 5.16. The Balaban J connectivity index is 2.03. The molecule has 0 amide bonds. The van der Waals surface area contributed by atoms with E-state index in [2.05, 4.69) is 15.7 Å². The normalized spacial score (nSPS) is 10.1. The van der Waals surface area contributed by atoms with E-state index in [0.29, 0.717) is 17.9 Å². The molecule has 0 spiro atoms. The third-order valence-corrected chi connectivity index (χ3v) is 3.25. The third-order valence-electron chi connectivity index (χ3n) is 3.04. The lowest BCUT2D eigenvalue weighted by Crippen LogP contribution is -2.20. The Labute approximate surface area is 143 Å². The van der Waals surface area contributed by atoms with Crippen molar-refractivity contribution in [3.8, 4) is 0 Å². The number of nitrogens with zero attached hydrogens (tertiary/aromatic N) is 2. The van der Waals surface area contributed by atoms with Crippen LogP contribution in [0, 0.1) is 0 Å². The van der Waals surface area contributed by atoms with Crippen molar-refractivity contribution in [2.45, 2.75) is 6.92 Å². The standard InChI is InChI=1S/C15H16N4O4S/c1-3-23-14(22)9-4-6-10(7-5-9)17-15(24)18-11-8-16-19(2)12(11)13(20)21/h4-8H,3H2,1-2H3,(H,20,21)(H2,17,18,24). The van der Waals surface area contributed by atoms with Crippen molar-refractivity contribution in [2.75, 3.05) is 17.2 Å². The predicted molar refractivity (Wildman–Crippen MR) is 92.4 cm³/mol. The summed E-state index contributed by atoms with van der Waals surface area (Å²) in [6.45, 7) is 2.05. The predicted octanol–water partition coefficient (Wildman–Crippen LogP) is 2.10. The number of carboxylic acid groups (broad SMARTS) is 1. The van der Waals surface area contributed by atoms with Crippen LogP contribution < -0.4 is 10.6 Å². The van der Waals surface area contributed by atoms with Crippen LogP contribution in [0.1, 0.15) is 27.8 Å². The van der Waals surface area contributed by atoms with E-state index in [1.807, 2.05) is 0 Å². The topological polar surface area (TPSA) is 105 Å². The van der Waals surface area contributed by atoms with Gasteiger partial charge < -0.3 is 20.5 Å². The molecule has 0 saturated heterocycles. The maximum Gasteiger partial charge on any atom is 0.356 e. The molecule has 0 aliphatic carbocycles. The van der Waals surface area contributed by atoms with Crippen molar-refractivity contribution < 1.29 is 19.4 Å². The molecule has 1 aromatic carbocycles. The molecule has 24 heavy (non-hydrogen) atoms. The van der Waals surface area contributed by atoms with Crippen molar-refractivity contribution in [3.05, 3.63) is 41.7 Å². The van der Waals surface area contributed by atoms with Crippen LogP contribution in [0.4, 0.5) is 11.4 Å². The van der Waals surface area contributed by atoms with Gasteiger partial charge in [0.2, 0.25) is 0 Å². The van der Waals surface area contributed by atoms with Gasteiger partial charge in [-0.15, -0.1) is 0 Å². The molecule has 0 atom stereocenters. The molecule has 0 radical (unpaired) electrons.